The molecular weight excluding hydrogens is 269 g/mol. The molecule has 2 atom stereocenters. The molecule has 0 saturated carbocycles. The molecule has 3 nitrogen and oxygen atoms in total. The number of halogens is 1. The Balaban J connectivity index is 1.97. The molecule has 0 aliphatic carbocycles. The summed E-state index contributed by atoms with van der Waals surface area (Å²) >= 11 is 2.35. The highest BCUT2D eigenvalue weighted by Gasteiger charge is 2.40. The van der Waals surface area contributed by atoms with Gasteiger partial charge in [0.25, 0.3) is 0 Å². The topological polar surface area (TPSA) is 30.5 Å². The Labute approximate surface area is 86.3 Å². The normalized spacial score (nSPS) is 42.2. The summed E-state index contributed by atoms with van der Waals surface area (Å²) in [5.41, 5.74) is 0.00802. The number of hydrogen-bond acceptors (Lipinski definition) is 3. The van der Waals surface area contributed by atoms with Gasteiger partial charge in [-0.2, -0.15) is 0 Å². The van der Waals surface area contributed by atoms with Crippen molar-refractivity contribution in [3.63, 3.8) is 0 Å². The van der Waals surface area contributed by atoms with Crippen molar-refractivity contribution in [3.8, 4) is 0 Å². The van der Waals surface area contributed by atoms with Gasteiger partial charge < -0.3 is 14.8 Å². The van der Waals surface area contributed by atoms with Crippen molar-refractivity contribution >= 4 is 22.6 Å². The molecule has 4 heteroatoms. The van der Waals surface area contributed by atoms with Crippen molar-refractivity contribution in [1.29, 1.82) is 0 Å². The van der Waals surface area contributed by atoms with Gasteiger partial charge in [0.15, 0.2) is 0 Å². The van der Waals surface area contributed by atoms with E-state index in [0.717, 1.165) is 37.2 Å². The molecule has 0 aromatic rings. The van der Waals surface area contributed by atoms with Gasteiger partial charge in [-0.15, -0.1) is 0 Å². The summed E-state index contributed by atoms with van der Waals surface area (Å²) in [6.45, 7) is 3.56. The molecule has 0 amide bonds. The van der Waals surface area contributed by atoms with Crippen LogP contribution < -0.4 is 5.32 Å². The number of rotatable bonds is 1. The van der Waals surface area contributed by atoms with Crippen LogP contribution >= 0.6 is 22.6 Å². The van der Waals surface area contributed by atoms with E-state index >= 15 is 0 Å². The minimum atomic E-state index is 0.00802. The van der Waals surface area contributed by atoms with Crippen molar-refractivity contribution in [1.82, 2.24) is 5.32 Å². The van der Waals surface area contributed by atoms with Crippen LogP contribution in [-0.2, 0) is 9.47 Å². The zero-order valence-corrected chi connectivity index (χ0v) is 9.17. The van der Waals surface area contributed by atoms with Gasteiger partial charge >= 0.3 is 0 Å². The van der Waals surface area contributed by atoms with E-state index in [1.165, 1.54) is 0 Å². The second kappa shape index (κ2) is 3.77. The lowest BCUT2D eigenvalue weighted by atomic mass is 10.0. The van der Waals surface area contributed by atoms with Gasteiger partial charge in [0, 0.05) is 11.0 Å². The highest BCUT2D eigenvalue weighted by molar-refractivity contribution is 14.1. The Morgan fingerprint density at radius 1 is 1.58 bits per heavy atom. The van der Waals surface area contributed by atoms with Gasteiger partial charge in [-0.25, -0.2) is 0 Å². The van der Waals surface area contributed by atoms with Gasteiger partial charge in [0.05, 0.1) is 19.3 Å². The number of alkyl halides is 1. The van der Waals surface area contributed by atoms with Gasteiger partial charge in [-0.1, -0.05) is 22.6 Å². The largest absolute Gasteiger partial charge is 0.376 e. The molecule has 2 aliphatic heterocycles. The summed E-state index contributed by atoms with van der Waals surface area (Å²) in [5.74, 6) is 0. The maximum absolute atomic E-state index is 5.99. The lowest BCUT2D eigenvalue weighted by Crippen LogP contribution is -2.49. The van der Waals surface area contributed by atoms with Crippen LogP contribution in [-0.4, -0.2) is 42.4 Å². The van der Waals surface area contributed by atoms with E-state index < -0.39 is 0 Å². The van der Waals surface area contributed by atoms with Crippen LogP contribution in [0.2, 0.25) is 0 Å². The number of ether oxygens (including phenoxy) is 2. The van der Waals surface area contributed by atoms with E-state index in [-0.39, 0.29) is 5.60 Å². The first-order chi connectivity index (χ1) is 5.85. The predicted molar refractivity (Wildman–Crippen MR) is 54.8 cm³/mol. The first-order valence-electron chi connectivity index (χ1n) is 4.37. The Morgan fingerprint density at radius 2 is 2.50 bits per heavy atom. The first kappa shape index (κ1) is 9.18. The van der Waals surface area contributed by atoms with Crippen LogP contribution in [0.15, 0.2) is 0 Å². The van der Waals surface area contributed by atoms with Gasteiger partial charge in [0.2, 0.25) is 0 Å². The van der Waals surface area contributed by atoms with Crippen LogP contribution in [0, 0.1) is 0 Å². The zero-order valence-electron chi connectivity index (χ0n) is 7.01. The third-order valence-electron chi connectivity index (χ3n) is 2.46. The van der Waals surface area contributed by atoms with Crippen molar-refractivity contribution in [2.24, 2.45) is 0 Å². The molecule has 0 aromatic heterocycles. The fourth-order valence-electron chi connectivity index (χ4n) is 1.82. The van der Waals surface area contributed by atoms with Crippen molar-refractivity contribution in [2.75, 3.05) is 30.7 Å². The maximum atomic E-state index is 5.99. The second-order valence-electron chi connectivity index (χ2n) is 3.52. The zero-order chi connectivity index (χ0) is 8.44. The average molecular weight is 283 g/mol. The van der Waals surface area contributed by atoms with Crippen LogP contribution in [0.1, 0.15) is 6.42 Å². The van der Waals surface area contributed by atoms with E-state index in [4.69, 9.17) is 9.47 Å². The van der Waals surface area contributed by atoms with Crippen molar-refractivity contribution in [3.05, 3.63) is 0 Å². The van der Waals surface area contributed by atoms with E-state index in [0.29, 0.717) is 6.10 Å². The summed E-state index contributed by atoms with van der Waals surface area (Å²) in [7, 11) is 0. The SMILES string of the molecule is ICC1COCC2(CCNC2)O1. The van der Waals surface area contributed by atoms with Gasteiger partial charge in [-0.3, -0.25) is 0 Å². The number of hydrogen-bond donors (Lipinski definition) is 1. The molecule has 0 radical (unpaired) electrons. The third kappa shape index (κ3) is 1.76. The molecule has 2 rings (SSSR count). The highest BCUT2D eigenvalue weighted by atomic mass is 127. The molecule has 0 bridgehead atoms. The van der Waals surface area contributed by atoms with Crippen LogP contribution in [0.5, 0.6) is 0 Å². The lowest BCUT2D eigenvalue weighted by Gasteiger charge is -2.37. The minimum Gasteiger partial charge on any atom is -0.376 e. The molecule has 2 fully saturated rings. The summed E-state index contributed by atoms with van der Waals surface area (Å²) < 4.78 is 12.6. The quantitative estimate of drug-likeness (QED) is 0.564. The van der Waals surface area contributed by atoms with Gasteiger partial charge in [-0.05, 0) is 13.0 Å². The first-order valence-corrected chi connectivity index (χ1v) is 5.89. The smallest absolute Gasteiger partial charge is 0.106 e. The number of nitrogens with one attached hydrogen (secondary N) is 1. The Hall–Kier alpha value is 0.610. The molecule has 2 heterocycles. The molecule has 1 spiro atoms. The third-order valence-corrected chi connectivity index (χ3v) is 3.44. The standard InChI is InChI=1S/C8H14INO2/c9-3-7-4-11-6-8(12-7)1-2-10-5-8/h7,10H,1-6H2. The van der Waals surface area contributed by atoms with E-state index in [1.54, 1.807) is 0 Å². The molecule has 2 unspecified atom stereocenters. The van der Waals surface area contributed by atoms with Crippen molar-refractivity contribution < 1.29 is 9.47 Å². The molecule has 0 aromatic carbocycles. The van der Waals surface area contributed by atoms with Crippen LogP contribution in [0.3, 0.4) is 0 Å². The molecule has 12 heavy (non-hydrogen) atoms. The Bertz CT molecular complexity index is 159. The second-order valence-corrected chi connectivity index (χ2v) is 4.40. The molecular formula is C8H14INO2. The fourth-order valence-corrected chi connectivity index (χ4v) is 2.25. The Morgan fingerprint density at radius 3 is 3.17 bits per heavy atom. The van der Waals surface area contributed by atoms with Crippen molar-refractivity contribution in [2.45, 2.75) is 18.1 Å². The molecule has 2 saturated heterocycles. The van der Waals surface area contributed by atoms with Crippen LogP contribution in [0.4, 0.5) is 0 Å². The molecule has 2 aliphatic rings. The maximum Gasteiger partial charge on any atom is 0.106 e. The van der Waals surface area contributed by atoms with E-state index in [1.807, 2.05) is 0 Å². The summed E-state index contributed by atoms with van der Waals surface area (Å²) in [4.78, 5) is 0. The average Bonchev–Trinajstić information content (AvgIpc) is 2.53. The monoisotopic (exact) mass is 283 g/mol. The van der Waals surface area contributed by atoms with Gasteiger partial charge in [0.1, 0.15) is 5.60 Å². The lowest BCUT2D eigenvalue weighted by molar-refractivity contribution is -0.180. The summed E-state index contributed by atoms with van der Waals surface area (Å²) in [5, 5.41) is 3.32. The highest BCUT2D eigenvalue weighted by Crippen LogP contribution is 2.26. The van der Waals surface area contributed by atoms with Crippen LogP contribution in [0.25, 0.3) is 0 Å². The molecule has 1 N–H and O–H groups in total. The predicted octanol–water partition coefficient (Wildman–Crippen LogP) is 0.569. The summed E-state index contributed by atoms with van der Waals surface area (Å²) in [6, 6.07) is 0. The fraction of sp³-hybridized carbons (Fsp3) is 1.00. The van der Waals surface area contributed by atoms with E-state index in [9.17, 15) is 0 Å². The molecule has 70 valence electrons. The minimum absolute atomic E-state index is 0.00802. The summed E-state index contributed by atoms with van der Waals surface area (Å²) in [6.07, 6.45) is 1.40. The Kier molecular flexibility index (Phi) is 2.89. The van der Waals surface area contributed by atoms with E-state index in [2.05, 4.69) is 27.9 Å².